The van der Waals surface area contributed by atoms with Crippen LogP contribution in [0, 0.1) is 0 Å². The zero-order valence-corrected chi connectivity index (χ0v) is 18.7. The molecule has 1 aromatic heterocycles. The van der Waals surface area contributed by atoms with Crippen molar-refractivity contribution in [2.45, 2.75) is 26.2 Å². The second-order valence-corrected chi connectivity index (χ2v) is 9.72. The third-order valence-electron chi connectivity index (χ3n) is 6.66. The maximum Gasteiger partial charge on any atom is 0.0273 e. The monoisotopic (exact) mass is 411 g/mol. The quantitative estimate of drug-likeness (QED) is 0.260. The van der Waals surface area contributed by atoms with Crippen molar-refractivity contribution in [3.8, 4) is 22.3 Å². The van der Waals surface area contributed by atoms with Crippen molar-refractivity contribution in [3.05, 3.63) is 103 Å². The molecular weight excluding hydrogens is 386 g/mol. The van der Waals surface area contributed by atoms with Gasteiger partial charge in [0.1, 0.15) is 0 Å². The first-order valence-electron chi connectivity index (χ1n) is 11.2. The molecule has 154 valence electrons. The molecule has 0 aliphatic rings. The van der Waals surface area contributed by atoms with Gasteiger partial charge in [-0.15, -0.1) is 0 Å². The van der Waals surface area contributed by atoms with Crippen molar-refractivity contribution in [2.75, 3.05) is 0 Å². The molecule has 1 heterocycles. The predicted octanol–water partition coefficient (Wildman–Crippen LogP) is 8.61. The molecule has 6 rings (SSSR count). The van der Waals surface area contributed by atoms with Gasteiger partial charge in [-0.2, -0.15) is 0 Å². The van der Waals surface area contributed by atoms with Crippen molar-refractivity contribution in [1.29, 1.82) is 0 Å². The van der Waals surface area contributed by atoms with Gasteiger partial charge >= 0.3 is 0 Å². The van der Waals surface area contributed by atoms with E-state index in [1.54, 1.807) is 0 Å². The molecule has 32 heavy (non-hydrogen) atoms. The fourth-order valence-corrected chi connectivity index (χ4v) is 4.98. The Labute approximate surface area is 188 Å². The van der Waals surface area contributed by atoms with E-state index in [4.69, 9.17) is 0 Å². The van der Waals surface area contributed by atoms with Crippen molar-refractivity contribution in [3.63, 3.8) is 0 Å². The molecule has 0 radical (unpaired) electrons. The second-order valence-electron chi connectivity index (χ2n) is 9.72. The summed E-state index contributed by atoms with van der Waals surface area (Å²) >= 11 is 0. The lowest BCUT2D eigenvalue weighted by molar-refractivity contribution is 0.591. The predicted molar refractivity (Wildman–Crippen MR) is 138 cm³/mol. The highest BCUT2D eigenvalue weighted by Gasteiger charge is 2.19. The second kappa shape index (κ2) is 6.90. The van der Waals surface area contributed by atoms with Crippen LogP contribution in [0.1, 0.15) is 26.3 Å². The minimum absolute atomic E-state index is 0.113. The third-order valence-corrected chi connectivity index (χ3v) is 6.66. The summed E-state index contributed by atoms with van der Waals surface area (Å²) in [5.41, 5.74) is 6.47. The van der Waals surface area contributed by atoms with Crippen LogP contribution in [0.15, 0.2) is 97.3 Å². The Bertz CT molecular complexity index is 1470. The molecule has 0 atom stereocenters. The summed E-state index contributed by atoms with van der Waals surface area (Å²) in [6.45, 7) is 6.86. The molecule has 0 fully saturated rings. The standard InChI is InChI=1S/C31H25N/c1-31(2,3)24-17-22-9-11-25-27(20-7-5-4-6-8-20)19-28(21-13-15-32-16-14-21)26-12-10-23(18-24)29(22)30(25)26/h4-19H,1-3H3. The summed E-state index contributed by atoms with van der Waals surface area (Å²) in [5.74, 6) is 0. The minimum atomic E-state index is 0.113. The van der Waals surface area contributed by atoms with E-state index in [9.17, 15) is 0 Å². The minimum Gasteiger partial charge on any atom is -0.265 e. The maximum atomic E-state index is 4.25. The number of aromatic nitrogens is 1. The van der Waals surface area contributed by atoms with Crippen LogP contribution in [0.3, 0.4) is 0 Å². The van der Waals surface area contributed by atoms with E-state index in [0.29, 0.717) is 0 Å². The van der Waals surface area contributed by atoms with E-state index >= 15 is 0 Å². The van der Waals surface area contributed by atoms with Crippen LogP contribution in [0.25, 0.3) is 54.6 Å². The average molecular weight is 412 g/mol. The molecule has 0 unspecified atom stereocenters. The van der Waals surface area contributed by atoms with Crippen LogP contribution in [0.5, 0.6) is 0 Å². The molecule has 0 amide bonds. The van der Waals surface area contributed by atoms with Gasteiger partial charge < -0.3 is 0 Å². The first kappa shape index (κ1) is 19.0. The normalized spacial score (nSPS) is 12.2. The molecule has 0 bridgehead atoms. The van der Waals surface area contributed by atoms with Gasteiger partial charge in [-0.1, -0.05) is 87.5 Å². The first-order valence-corrected chi connectivity index (χ1v) is 11.2. The van der Waals surface area contributed by atoms with Gasteiger partial charge in [-0.3, -0.25) is 4.98 Å². The molecule has 1 nitrogen and oxygen atoms in total. The Kier molecular flexibility index (Phi) is 4.10. The lowest BCUT2D eigenvalue weighted by Crippen LogP contribution is -2.10. The molecule has 0 aliphatic heterocycles. The van der Waals surface area contributed by atoms with Crippen LogP contribution >= 0.6 is 0 Å². The van der Waals surface area contributed by atoms with Gasteiger partial charge in [0.15, 0.2) is 0 Å². The topological polar surface area (TPSA) is 12.9 Å². The Morgan fingerprint density at radius 1 is 0.562 bits per heavy atom. The molecule has 0 spiro atoms. The van der Waals surface area contributed by atoms with E-state index in [2.05, 4.69) is 111 Å². The fourth-order valence-electron chi connectivity index (χ4n) is 4.98. The van der Waals surface area contributed by atoms with Crippen molar-refractivity contribution >= 4 is 32.3 Å². The van der Waals surface area contributed by atoms with Gasteiger partial charge in [-0.25, -0.2) is 0 Å². The highest BCUT2D eigenvalue weighted by molar-refractivity contribution is 6.28. The van der Waals surface area contributed by atoms with Crippen LogP contribution in [-0.2, 0) is 5.41 Å². The maximum absolute atomic E-state index is 4.25. The summed E-state index contributed by atoms with van der Waals surface area (Å²) in [6.07, 6.45) is 3.76. The molecule has 0 saturated heterocycles. The third kappa shape index (κ3) is 2.89. The van der Waals surface area contributed by atoms with E-state index in [-0.39, 0.29) is 5.41 Å². The van der Waals surface area contributed by atoms with Gasteiger partial charge in [0.25, 0.3) is 0 Å². The van der Waals surface area contributed by atoms with Crippen molar-refractivity contribution in [1.82, 2.24) is 4.98 Å². The van der Waals surface area contributed by atoms with Crippen LogP contribution in [0.2, 0.25) is 0 Å². The summed E-state index contributed by atoms with van der Waals surface area (Å²) in [7, 11) is 0. The number of rotatable bonds is 2. The highest BCUT2D eigenvalue weighted by atomic mass is 14.6. The molecule has 1 heteroatoms. The first-order chi connectivity index (χ1) is 15.5. The van der Waals surface area contributed by atoms with Crippen LogP contribution in [-0.4, -0.2) is 4.98 Å². The fraction of sp³-hybridized carbons (Fsp3) is 0.129. The summed E-state index contributed by atoms with van der Waals surface area (Å²) in [4.78, 5) is 4.25. The molecule has 0 aliphatic carbocycles. The lowest BCUT2D eigenvalue weighted by Gasteiger charge is -2.22. The van der Waals surface area contributed by atoms with Crippen molar-refractivity contribution < 1.29 is 0 Å². The number of pyridine rings is 1. The van der Waals surface area contributed by atoms with Crippen LogP contribution in [0.4, 0.5) is 0 Å². The number of nitrogens with zero attached hydrogens (tertiary/aromatic N) is 1. The van der Waals surface area contributed by atoms with E-state index in [1.165, 1.54) is 60.1 Å². The smallest absolute Gasteiger partial charge is 0.0273 e. The Balaban J connectivity index is 1.80. The highest BCUT2D eigenvalue weighted by Crippen LogP contribution is 2.44. The van der Waals surface area contributed by atoms with Gasteiger partial charge in [-0.05, 0) is 83.7 Å². The zero-order chi connectivity index (χ0) is 21.9. The largest absolute Gasteiger partial charge is 0.265 e. The summed E-state index contributed by atoms with van der Waals surface area (Å²) < 4.78 is 0. The van der Waals surface area contributed by atoms with Gasteiger partial charge in [0.05, 0.1) is 0 Å². The van der Waals surface area contributed by atoms with Crippen molar-refractivity contribution in [2.24, 2.45) is 0 Å². The van der Waals surface area contributed by atoms with E-state index in [1.807, 2.05) is 12.4 Å². The van der Waals surface area contributed by atoms with Gasteiger partial charge in [0.2, 0.25) is 0 Å². The number of hydrogen-bond acceptors (Lipinski definition) is 1. The van der Waals surface area contributed by atoms with Gasteiger partial charge in [0, 0.05) is 12.4 Å². The molecule has 5 aromatic carbocycles. The Morgan fingerprint density at radius 3 is 1.69 bits per heavy atom. The molecule has 6 aromatic rings. The van der Waals surface area contributed by atoms with E-state index in [0.717, 1.165) is 0 Å². The van der Waals surface area contributed by atoms with Crippen LogP contribution < -0.4 is 0 Å². The molecule has 0 N–H and O–H groups in total. The SMILES string of the molecule is CC(C)(C)c1cc2ccc3c(-c4ccccc4)cc(-c4ccncc4)c4ccc(c1)c2c34. The van der Waals surface area contributed by atoms with E-state index < -0.39 is 0 Å². The molecule has 0 saturated carbocycles. The molecular formula is C31H25N. The summed E-state index contributed by atoms with van der Waals surface area (Å²) in [6, 6.07) is 31.3. The Morgan fingerprint density at radius 2 is 1.12 bits per heavy atom. The lowest BCUT2D eigenvalue weighted by atomic mass is 9.81. The number of benzene rings is 5. The average Bonchev–Trinajstić information content (AvgIpc) is 2.82. The summed E-state index contributed by atoms with van der Waals surface area (Å²) in [5, 5.41) is 7.96. The Hall–Kier alpha value is -3.71. The zero-order valence-electron chi connectivity index (χ0n) is 18.7. The number of hydrogen-bond donors (Lipinski definition) is 0.